The Bertz CT molecular complexity index is 1080. The second-order valence-electron chi connectivity index (χ2n) is 12.9. The van der Waals surface area contributed by atoms with E-state index in [1.165, 1.54) is 58.9 Å². The molecule has 0 atom stereocenters. The van der Waals surface area contributed by atoms with E-state index in [1.54, 1.807) is 57.5 Å². The molecule has 2 heteroatoms. The second-order valence-corrected chi connectivity index (χ2v) is 16.1. The van der Waals surface area contributed by atoms with Gasteiger partial charge in [-0.3, -0.25) is 0 Å². The van der Waals surface area contributed by atoms with E-state index in [0.29, 0.717) is 0 Å². The first-order valence-electron chi connectivity index (χ1n) is 17.1. The van der Waals surface area contributed by atoms with Gasteiger partial charge >= 0.3 is 0 Å². The van der Waals surface area contributed by atoms with Gasteiger partial charge in [-0.1, -0.05) is 148 Å². The molecule has 2 saturated carbocycles. The molecule has 0 heterocycles. The van der Waals surface area contributed by atoms with Gasteiger partial charge in [-0.05, 0) is 57.8 Å². The topological polar surface area (TPSA) is 0 Å². The molecule has 2 fully saturated rings. The van der Waals surface area contributed by atoms with Crippen LogP contribution >= 0.6 is 7.92 Å². The van der Waals surface area contributed by atoms with Crippen molar-refractivity contribution in [3.63, 3.8) is 0 Å². The first kappa shape index (κ1) is 30.8. The molecule has 0 nitrogen and oxygen atoms in total. The smallest absolute Gasteiger partial charge is 0.108 e. The van der Waals surface area contributed by atoms with Crippen LogP contribution in [0.2, 0.25) is 0 Å². The monoisotopic (exact) mass is 574 g/mol. The Morgan fingerprint density at radius 1 is 0.476 bits per heavy atom. The molecule has 0 saturated heterocycles. The molecule has 0 bridgehead atoms. The molecule has 0 aliphatic heterocycles. The quantitative estimate of drug-likeness (QED) is 0.139. The van der Waals surface area contributed by atoms with Crippen molar-refractivity contribution >= 4 is 35.9 Å². The number of unbranched alkanes of at least 4 members (excludes halogenated alkanes) is 1. The maximum Gasteiger partial charge on any atom is 0.108 e. The average molecular weight is 575 g/mol. The van der Waals surface area contributed by atoms with E-state index in [9.17, 15) is 0 Å². The van der Waals surface area contributed by atoms with E-state index in [2.05, 4.69) is 128 Å². The zero-order chi connectivity index (χ0) is 28.9. The minimum Gasteiger partial charge on any atom is -0.195 e. The van der Waals surface area contributed by atoms with E-state index in [4.69, 9.17) is 0 Å². The van der Waals surface area contributed by atoms with Crippen LogP contribution in [0, 0.1) is 0 Å². The minimum absolute atomic E-state index is 0.00851. The maximum atomic E-state index is 2.38. The predicted octanol–water partition coefficient (Wildman–Crippen LogP) is 8.73. The SMILES string of the molecule is CCCC[PH+](C1CCCCC1)C1CCCCC1.c1ccc([B-](c2ccccc2)(c2ccccc2)c2ccccc2)cc1. The number of rotatable bonds is 9. The molecule has 6 rings (SSSR count). The summed E-state index contributed by atoms with van der Waals surface area (Å²) < 4.78 is 0. The average Bonchev–Trinajstić information content (AvgIpc) is 3.09. The Labute approximate surface area is 258 Å². The highest BCUT2D eigenvalue weighted by atomic mass is 31.1. The van der Waals surface area contributed by atoms with E-state index in [1.807, 2.05) is 0 Å². The summed E-state index contributed by atoms with van der Waals surface area (Å²) in [4.78, 5) is 0. The third-order valence-electron chi connectivity index (χ3n) is 10.3. The van der Waals surface area contributed by atoms with E-state index < -0.39 is 6.15 Å². The van der Waals surface area contributed by atoms with Gasteiger partial charge in [0.05, 0.1) is 17.5 Å². The van der Waals surface area contributed by atoms with Gasteiger partial charge in [0.1, 0.15) is 6.15 Å². The summed E-state index contributed by atoms with van der Waals surface area (Å²) in [7, 11) is -0.00851. The van der Waals surface area contributed by atoms with Gasteiger partial charge < -0.3 is 0 Å². The van der Waals surface area contributed by atoms with Crippen molar-refractivity contribution < 1.29 is 0 Å². The predicted molar refractivity (Wildman–Crippen MR) is 192 cm³/mol. The third-order valence-corrected chi connectivity index (χ3v) is 14.5. The zero-order valence-corrected chi connectivity index (χ0v) is 27.0. The molecule has 42 heavy (non-hydrogen) atoms. The van der Waals surface area contributed by atoms with Crippen LogP contribution in [-0.4, -0.2) is 23.6 Å². The fraction of sp³-hybridized carbons (Fsp3) is 0.400. The lowest BCUT2D eigenvalue weighted by atomic mass is 9.13. The summed E-state index contributed by atoms with van der Waals surface area (Å²) >= 11 is 0. The van der Waals surface area contributed by atoms with E-state index in [0.717, 1.165) is 0 Å². The van der Waals surface area contributed by atoms with E-state index in [-0.39, 0.29) is 7.92 Å². The Morgan fingerprint density at radius 2 is 0.786 bits per heavy atom. The molecule has 2 aliphatic carbocycles. The molecule has 0 aromatic heterocycles. The van der Waals surface area contributed by atoms with Crippen LogP contribution in [0.25, 0.3) is 0 Å². The van der Waals surface area contributed by atoms with Gasteiger partial charge in [-0.15, -0.1) is 0 Å². The van der Waals surface area contributed by atoms with Crippen molar-refractivity contribution in [1.82, 2.24) is 0 Å². The van der Waals surface area contributed by atoms with Crippen molar-refractivity contribution in [1.29, 1.82) is 0 Å². The van der Waals surface area contributed by atoms with Crippen molar-refractivity contribution in [3.05, 3.63) is 121 Å². The Hall–Kier alpha value is -2.63. The van der Waals surface area contributed by atoms with Gasteiger partial charge in [0, 0.05) is 7.92 Å². The Morgan fingerprint density at radius 3 is 1.07 bits per heavy atom. The maximum absolute atomic E-state index is 2.38. The molecular formula is C40H52BP. The number of benzene rings is 4. The van der Waals surface area contributed by atoms with Crippen LogP contribution in [0.4, 0.5) is 0 Å². The molecule has 0 radical (unpaired) electrons. The van der Waals surface area contributed by atoms with Gasteiger partial charge in [0.2, 0.25) is 0 Å². The Kier molecular flexibility index (Phi) is 11.9. The van der Waals surface area contributed by atoms with E-state index >= 15 is 0 Å². The van der Waals surface area contributed by atoms with Crippen molar-refractivity contribution in [2.45, 2.75) is 95.3 Å². The highest BCUT2D eigenvalue weighted by Crippen LogP contribution is 2.56. The molecule has 0 N–H and O–H groups in total. The van der Waals surface area contributed by atoms with Crippen LogP contribution in [0.15, 0.2) is 121 Å². The second kappa shape index (κ2) is 16.3. The summed E-state index contributed by atoms with van der Waals surface area (Å²) in [5, 5.41) is 0. The molecule has 4 aromatic rings. The summed E-state index contributed by atoms with van der Waals surface area (Å²) in [6, 6.07) is 43.5. The first-order valence-corrected chi connectivity index (χ1v) is 18.9. The summed E-state index contributed by atoms with van der Waals surface area (Å²) in [5.41, 5.74) is 7.78. The van der Waals surface area contributed by atoms with Crippen LogP contribution in [0.1, 0.15) is 84.0 Å². The molecule has 4 aromatic carbocycles. The molecule has 2 aliphatic rings. The Balaban J connectivity index is 0.000000181. The van der Waals surface area contributed by atoms with Gasteiger partial charge in [0.25, 0.3) is 0 Å². The number of hydrogen-bond acceptors (Lipinski definition) is 0. The fourth-order valence-electron chi connectivity index (χ4n) is 8.19. The summed E-state index contributed by atoms with van der Waals surface area (Å²) in [5.74, 6) is 0. The first-order chi connectivity index (χ1) is 20.8. The third kappa shape index (κ3) is 7.47. The van der Waals surface area contributed by atoms with Crippen molar-refractivity contribution in [2.24, 2.45) is 0 Å². The fourth-order valence-corrected chi connectivity index (χ4v) is 12.7. The minimum atomic E-state index is -1.22. The largest absolute Gasteiger partial charge is 0.195 e. The zero-order valence-electron chi connectivity index (χ0n) is 26.0. The van der Waals surface area contributed by atoms with Crippen molar-refractivity contribution in [2.75, 3.05) is 6.16 Å². The highest BCUT2D eigenvalue weighted by molar-refractivity contribution is 7.59. The van der Waals surface area contributed by atoms with Crippen LogP contribution in [-0.2, 0) is 0 Å². The van der Waals surface area contributed by atoms with Gasteiger partial charge in [-0.2, -0.15) is 21.9 Å². The summed E-state index contributed by atoms with van der Waals surface area (Å²) in [6.07, 6.45) is 19.1. The lowest BCUT2D eigenvalue weighted by Crippen LogP contribution is -2.74. The van der Waals surface area contributed by atoms with Crippen LogP contribution in [0.5, 0.6) is 0 Å². The molecule has 0 amide bonds. The normalized spacial score (nSPS) is 16.5. The molecule has 220 valence electrons. The lowest BCUT2D eigenvalue weighted by molar-refractivity contribution is 0.483. The van der Waals surface area contributed by atoms with Crippen molar-refractivity contribution in [3.8, 4) is 0 Å². The highest BCUT2D eigenvalue weighted by Gasteiger charge is 2.36. The molecular weight excluding hydrogens is 522 g/mol. The number of hydrogen-bond donors (Lipinski definition) is 0. The molecule has 0 spiro atoms. The van der Waals surface area contributed by atoms with Crippen LogP contribution < -0.4 is 21.9 Å². The molecule has 0 unspecified atom stereocenters. The van der Waals surface area contributed by atoms with Crippen LogP contribution in [0.3, 0.4) is 0 Å². The standard InChI is InChI=1S/C24H20B.C16H31P/c1-5-13-21(14-6-1)25(22-15-7-2-8-16-22,23-17-9-3-10-18-23)24-19-11-4-12-20-24;1-2-3-14-17(15-10-6-4-7-11-15)16-12-8-5-9-13-16/h1-20H;15-16H,2-14H2,1H3/q-1;/p+1. The van der Waals surface area contributed by atoms with Gasteiger partial charge in [0.15, 0.2) is 0 Å². The lowest BCUT2D eigenvalue weighted by Gasteiger charge is -2.44. The van der Waals surface area contributed by atoms with Gasteiger partial charge in [-0.25, -0.2) is 0 Å². The summed E-state index contributed by atoms with van der Waals surface area (Å²) in [6.45, 7) is 2.38.